The van der Waals surface area contributed by atoms with E-state index >= 15 is 0 Å². The number of hydrogen-bond acceptors (Lipinski definition) is 7. The highest BCUT2D eigenvalue weighted by Crippen LogP contribution is 2.17. The van der Waals surface area contributed by atoms with Gasteiger partial charge in [-0.3, -0.25) is 14.5 Å². The third-order valence-electron chi connectivity index (χ3n) is 2.65. The van der Waals surface area contributed by atoms with Crippen molar-refractivity contribution >= 4 is 17.9 Å². The minimum Gasteiger partial charge on any atom is -0.466 e. The Labute approximate surface area is 138 Å². The molecule has 0 amide bonds. The smallest absolute Gasteiger partial charge is 0.350 e. The average Bonchev–Trinajstić information content (AvgIpc) is 2.31. The van der Waals surface area contributed by atoms with Crippen molar-refractivity contribution in [3.05, 3.63) is 0 Å². The fourth-order valence-corrected chi connectivity index (χ4v) is 1.61. The molecule has 23 heavy (non-hydrogen) atoms. The third kappa shape index (κ3) is 10.7. The molecular formula is C16H29NO6. The van der Waals surface area contributed by atoms with Gasteiger partial charge in [-0.15, -0.1) is 0 Å². The van der Waals surface area contributed by atoms with Crippen LogP contribution in [0, 0.1) is 0 Å². The Morgan fingerprint density at radius 2 is 1.57 bits per heavy atom. The van der Waals surface area contributed by atoms with Crippen molar-refractivity contribution in [1.82, 2.24) is 4.90 Å². The van der Waals surface area contributed by atoms with Gasteiger partial charge in [0, 0.05) is 13.5 Å². The van der Waals surface area contributed by atoms with Gasteiger partial charge in [0.05, 0.1) is 13.2 Å². The molecule has 0 bridgehead atoms. The van der Waals surface area contributed by atoms with E-state index in [0.29, 0.717) is 19.6 Å². The molecule has 0 spiro atoms. The molecule has 0 aliphatic heterocycles. The molecule has 0 heterocycles. The van der Waals surface area contributed by atoms with Crippen LogP contribution in [0.2, 0.25) is 0 Å². The molecule has 0 unspecified atom stereocenters. The van der Waals surface area contributed by atoms with Crippen molar-refractivity contribution in [2.24, 2.45) is 0 Å². The van der Waals surface area contributed by atoms with Crippen molar-refractivity contribution < 1.29 is 28.6 Å². The Hall–Kier alpha value is -1.63. The van der Waals surface area contributed by atoms with Gasteiger partial charge in [-0.25, -0.2) is 4.79 Å². The lowest BCUT2D eigenvalue weighted by Gasteiger charge is -2.29. The van der Waals surface area contributed by atoms with E-state index in [1.807, 2.05) is 0 Å². The summed E-state index contributed by atoms with van der Waals surface area (Å²) < 4.78 is 15.3. The summed E-state index contributed by atoms with van der Waals surface area (Å²) in [6.45, 7) is 10.5. The molecule has 0 aromatic rings. The second-order valence-electron chi connectivity index (χ2n) is 6.92. The maximum Gasteiger partial charge on any atom is 0.350 e. The number of hydrogen-bond donors (Lipinski definition) is 0. The van der Waals surface area contributed by atoms with Crippen LogP contribution in [-0.4, -0.2) is 60.8 Å². The molecule has 0 N–H and O–H groups in total. The van der Waals surface area contributed by atoms with Crippen LogP contribution in [0.25, 0.3) is 0 Å². The van der Waals surface area contributed by atoms with Gasteiger partial charge in [0.25, 0.3) is 0 Å². The molecule has 0 aromatic heterocycles. The number of carbonyl (C=O) groups is 3. The third-order valence-corrected chi connectivity index (χ3v) is 2.65. The van der Waals surface area contributed by atoms with Crippen LogP contribution in [0.15, 0.2) is 0 Å². The number of carbonyl (C=O) groups excluding carboxylic acids is 3. The lowest BCUT2D eigenvalue weighted by molar-refractivity contribution is -0.186. The topological polar surface area (TPSA) is 82.1 Å². The summed E-state index contributed by atoms with van der Waals surface area (Å²) in [7, 11) is 1.75. The number of likely N-dealkylation sites (N-methyl/N-ethyl adjacent to an activating group) is 1. The maximum absolute atomic E-state index is 12.0. The van der Waals surface area contributed by atoms with E-state index in [1.54, 1.807) is 32.7 Å². The highest BCUT2D eigenvalue weighted by atomic mass is 16.6. The van der Waals surface area contributed by atoms with Gasteiger partial charge in [-0.1, -0.05) is 0 Å². The van der Waals surface area contributed by atoms with Crippen LogP contribution >= 0.6 is 0 Å². The second-order valence-corrected chi connectivity index (χ2v) is 6.92. The molecule has 0 rings (SSSR count). The molecule has 0 atom stereocenters. The fraction of sp³-hybridized carbons (Fsp3) is 0.812. The molecule has 7 heteroatoms. The predicted molar refractivity (Wildman–Crippen MR) is 84.8 cm³/mol. The molecule has 7 nitrogen and oxygen atoms in total. The zero-order valence-corrected chi connectivity index (χ0v) is 15.2. The van der Waals surface area contributed by atoms with Crippen molar-refractivity contribution in [3.63, 3.8) is 0 Å². The summed E-state index contributed by atoms with van der Waals surface area (Å²) in [6.07, 6.45) is 0.610. The van der Waals surface area contributed by atoms with Gasteiger partial charge in [0.15, 0.2) is 0 Å². The van der Waals surface area contributed by atoms with E-state index < -0.39 is 23.1 Å². The number of nitrogens with zero attached hydrogens (tertiary/aromatic N) is 1. The summed E-state index contributed by atoms with van der Waals surface area (Å²) >= 11 is 0. The van der Waals surface area contributed by atoms with E-state index in [-0.39, 0.29) is 12.5 Å². The Bertz CT molecular complexity index is 425. The van der Waals surface area contributed by atoms with Gasteiger partial charge in [-0.05, 0) is 48.1 Å². The predicted octanol–water partition coefficient (Wildman–Crippen LogP) is 1.53. The normalized spacial score (nSPS) is 12.0. The summed E-state index contributed by atoms with van der Waals surface area (Å²) in [6, 6.07) is 0. The molecule has 0 aliphatic rings. The zero-order valence-electron chi connectivity index (χ0n) is 15.2. The van der Waals surface area contributed by atoms with Crippen LogP contribution in [0.3, 0.4) is 0 Å². The lowest BCUT2D eigenvalue weighted by atomic mass is 10.1. The molecule has 0 saturated carbocycles. The van der Waals surface area contributed by atoms with Crippen LogP contribution < -0.4 is 0 Å². The van der Waals surface area contributed by atoms with E-state index in [2.05, 4.69) is 0 Å². The second kappa shape index (κ2) is 8.86. The highest BCUT2D eigenvalue weighted by Gasteiger charge is 2.36. The highest BCUT2D eigenvalue weighted by molar-refractivity contribution is 5.83. The zero-order chi connectivity index (χ0) is 18.3. The van der Waals surface area contributed by atoms with Crippen molar-refractivity contribution in [1.29, 1.82) is 0 Å². The number of esters is 3. The van der Waals surface area contributed by atoms with E-state index in [0.717, 1.165) is 0 Å². The van der Waals surface area contributed by atoms with Crippen molar-refractivity contribution in [3.8, 4) is 0 Å². The summed E-state index contributed by atoms with van der Waals surface area (Å²) in [5, 5.41) is 0. The molecule has 0 aliphatic carbocycles. The Morgan fingerprint density at radius 3 is 2.04 bits per heavy atom. The van der Waals surface area contributed by atoms with Gasteiger partial charge >= 0.3 is 17.9 Å². The first-order valence-corrected chi connectivity index (χ1v) is 7.60. The SMILES string of the molecule is CC(=O)OCCCN(C)CC(=O)OC(C)(C)C(=O)OC(C)(C)C. The van der Waals surface area contributed by atoms with Crippen LogP contribution in [-0.2, 0) is 28.6 Å². The number of ether oxygens (including phenoxy) is 3. The summed E-state index contributed by atoms with van der Waals surface area (Å²) in [4.78, 5) is 36.3. The van der Waals surface area contributed by atoms with Crippen molar-refractivity contribution in [2.75, 3.05) is 26.7 Å². The van der Waals surface area contributed by atoms with Gasteiger partial charge < -0.3 is 14.2 Å². The first kappa shape index (κ1) is 21.4. The standard InChI is InChI=1S/C16H29NO6/c1-12(18)21-10-8-9-17(7)11-13(19)22-16(5,6)14(20)23-15(2,3)4/h8-11H2,1-7H3. The first-order valence-electron chi connectivity index (χ1n) is 7.60. The maximum atomic E-state index is 12.0. The fourth-order valence-electron chi connectivity index (χ4n) is 1.61. The summed E-state index contributed by atoms with van der Waals surface area (Å²) in [5.74, 6) is -1.43. The van der Waals surface area contributed by atoms with Gasteiger partial charge in [-0.2, -0.15) is 0 Å². The molecule has 0 fully saturated rings. The Morgan fingerprint density at radius 1 is 1.00 bits per heavy atom. The molecule has 134 valence electrons. The monoisotopic (exact) mass is 331 g/mol. The van der Waals surface area contributed by atoms with Crippen LogP contribution in [0.4, 0.5) is 0 Å². The van der Waals surface area contributed by atoms with Crippen LogP contribution in [0.1, 0.15) is 48.0 Å². The largest absolute Gasteiger partial charge is 0.466 e. The Kier molecular flexibility index (Phi) is 8.23. The van der Waals surface area contributed by atoms with E-state index in [1.165, 1.54) is 20.8 Å². The quantitative estimate of drug-likeness (QED) is 0.379. The number of rotatable bonds is 8. The van der Waals surface area contributed by atoms with E-state index in [4.69, 9.17) is 14.2 Å². The molecule has 0 aromatic carbocycles. The summed E-state index contributed by atoms with van der Waals surface area (Å²) in [5.41, 5.74) is -1.99. The minimum atomic E-state index is -1.34. The molecule has 0 saturated heterocycles. The first-order chi connectivity index (χ1) is 10.3. The lowest BCUT2D eigenvalue weighted by Crippen LogP contribution is -2.44. The average molecular weight is 331 g/mol. The molecular weight excluding hydrogens is 302 g/mol. The van der Waals surface area contributed by atoms with E-state index in [9.17, 15) is 14.4 Å². The minimum absolute atomic E-state index is 0.0340. The van der Waals surface area contributed by atoms with Crippen LogP contribution in [0.5, 0.6) is 0 Å². The van der Waals surface area contributed by atoms with Gasteiger partial charge in [0.1, 0.15) is 5.60 Å². The Balaban J connectivity index is 4.25. The van der Waals surface area contributed by atoms with Crippen molar-refractivity contribution in [2.45, 2.75) is 59.2 Å². The molecule has 0 radical (unpaired) electrons. The van der Waals surface area contributed by atoms with Gasteiger partial charge in [0.2, 0.25) is 5.60 Å².